The van der Waals surface area contributed by atoms with Crippen LogP contribution in [0.2, 0.25) is 5.02 Å². The molecular weight excluding hydrogens is 373 g/mol. The number of hydrogen-bond acceptors (Lipinski definition) is 3. The Morgan fingerprint density at radius 3 is 2.40 bits per heavy atom. The summed E-state index contributed by atoms with van der Waals surface area (Å²) in [6.07, 6.45) is -4.25. The first-order valence-corrected chi connectivity index (χ1v) is 9.05. The summed E-state index contributed by atoms with van der Waals surface area (Å²) in [4.78, 5) is 0.868. The fourth-order valence-corrected chi connectivity index (χ4v) is 3.24. The van der Waals surface area contributed by atoms with Gasteiger partial charge in [-0.1, -0.05) is 24.6 Å². The minimum absolute atomic E-state index is 0.0109. The highest BCUT2D eigenvalue weighted by molar-refractivity contribution is 7.99. The lowest BCUT2D eigenvalue weighted by Gasteiger charge is -2.13. The number of thioether (sulfide) groups is 1. The van der Waals surface area contributed by atoms with E-state index in [2.05, 4.69) is 0 Å². The largest absolute Gasteiger partial charge is 0.491 e. The molecule has 0 aromatic heterocycles. The van der Waals surface area contributed by atoms with Crippen LogP contribution < -0.4 is 4.74 Å². The zero-order chi connectivity index (χ0) is 18.4. The zero-order valence-electron chi connectivity index (χ0n) is 13.5. The molecule has 2 aromatic carbocycles. The minimum Gasteiger partial charge on any atom is -0.491 e. The molecule has 2 rings (SSSR count). The molecule has 0 aliphatic rings. The van der Waals surface area contributed by atoms with E-state index in [-0.39, 0.29) is 12.4 Å². The van der Waals surface area contributed by atoms with Crippen LogP contribution in [0.3, 0.4) is 0 Å². The SMILES string of the molecule is CCc1ccc(SCC(O)COc2ccc(C(F)(F)F)cc2)c(Cl)c1. The maximum Gasteiger partial charge on any atom is 0.416 e. The van der Waals surface area contributed by atoms with E-state index < -0.39 is 17.8 Å². The molecule has 7 heteroatoms. The lowest BCUT2D eigenvalue weighted by molar-refractivity contribution is -0.137. The molecule has 136 valence electrons. The Labute approximate surface area is 154 Å². The molecule has 0 spiro atoms. The minimum atomic E-state index is -4.37. The number of rotatable bonds is 7. The van der Waals surface area contributed by atoms with E-state index in [4.69, 9.17) is 16.3 Å². The molecule has 0 heterocycles. The summed E-state index contributed by atoms with van der Waals surface area (Å²) in [5.41, 5.74) is 0.404. The van der Waals surface area contributed by atoms with Gasteiger partial charge in [0, 0.05) is 10.6 Å². The maximum atomic E-state index is 12.5. The zero-order valence-corrected chi connectivity index (χ0v) is 15.1. The first kappa shape index (κ1) is 19.9. The average Bonchev–Trinajstić information content (AvgIpc) is 2.58. The Bertz CT molecular complexity index is 690. The van der Waals surface area contributed by atoms with E-state index in [9.17, 15) is 18.3 Å². The third-order valence-electron chi connectivity index (χ3n) is 3.46. The van der Waals surface area contributed by atoms with Crippen LogP contribution in [0.5, 0.6) is 5.75 Å². The topological polar surface area (TPSA) is 29.5 Å². The number of ether oxygens (including phenoxy) is 1. The van der Waals surface area contributed by atoms with Crippen LogP contribution in [0, 0.1) is 0 Å². The molecule has 0 aliphatic carbocycles. The normalized spacial score (nSPS) is 12.9. The van der Waals surface area contributed by atoms with Crippen LogP contribution in [-0.2, 0) is 12.6 Å². The van der Waals surface area contributed by atoms with Gasteiger partial charge in [0.05, 0.1) is 16.7 Å². The van der Waals surface area contributed by atoms with Crippen molar-refractivity contribution < 1.29 is 23.0 Å². The van der Waals surface area contributed by atoms with Gasteiger partial charge in [0.1, 0.15) is 12.4 Å². The van der Waals surface area contributed by atoms with Crippen LogP contribution in [0.25, 0.3) is 0 Å². The Kier molecular flexibility index (Phi) is 7.04. The molecule has 2 aromatic rings. The van der Waals surface area contributed by atoms with Gasteiger partial charge in [-0.25, -0.2) is 0 Å². The van der Waals surface area contributed by atoms with Crippen LogP contribution in [-0.4, -0.2) is 23.6 Å². The van der Waals surface area contributed by atoms with E-state index in [0.717, 1.165) is 29.0 Å². The molecule has 0 radical (unpaired) electrons. The lowest BCUT2D eigenvalue weighted by atomic mass is 10.2. The second kappa shape index (κ2) is 8.83. The Morgan fingerprint density at radius 2 is 1.84 bits per heavy atom. The summed E-state index contributed by atoms with van der Waals surface area (Å²) in [6, 6.07) is 10.2. The molecule has 0 bridgehead atoms. The van der Waals surface area contributed by atoms with Crippen molar-refractivity contribution >= 4 is 23.4 Å². The summed E-state index contributed by atoms with van der Waals surface area (Å²) in [5, 5.41) is 10.6. The third kappa shape index (κ3) is 6.13. The van der Waals surface area contributed by atoms with Crippen molar-refractivity contribution in [1.82, 2.24) is 0 Å². The Hall–Kier alpha value is -1.37. The quantitative estimate of drug-likeness (QED) is 0.637. The highest BCUT2D eigenvalue weighted by Crippen LogP contribution is 2.31. The van der Waals surface area contributed by atoms with Gasteiger partial charge in [-0.15, -0.1) is 11.8 Å². The van der Waals surface area contributed by atoms with Gasteiger partial charge in [-0.2, -0.15) is 13.2 Å². The van der Waals surface area contributed by atoms with E-state index in [1.54, 1.807) is 0 Å². The van der Waals surface area contributed by atoms with E-state index in [0.29, 0.717) is 10.8 Å². The second-order valence-electron chi connectivity index (χ2n) is 5.42. The molecule has 0 amide bonds. The molecule has 1 N–H and O–H groups in total. The lowest BCUT2D eigenvalue weighted by Crippen LogP contribution is -2.20. The molecule has 1 unspecified atom stereocenters. The van der Waals surface area contributed by atoms with Crippen molar-refractivity contribution in [2.75, 3.05) is 12.4 Å². The maximum absolute atomic E-state index is 12.5. The second-order valence-corrected chi connectivity index (χ2v) is 6.89. The van der Waals surface area contributed by atoms with Gasteiger partial charge >= 0.3 is 6.18 Å². The van der Waals surface area contributed by atoms with Gasteiger partial charge in [0.25, 0.3) is 0 Å². The molecule has 0 saturated heterocycles. The van der Waals surface area contributed by atoms with Crippen molar-refractivity contribution in [3.05, 3.63) is 58.6 Å². The van der Waals surface area contributed by atoms with Crippen molar-refractivity contribution in [1.29, 1.82) is 0 Å². The highest BCUT2D eigenvalue weighted by Gasteiger charge is 2.30. The summed E-state index contributed by atoms with van der Waals surface area (Å²) in [5.74, 6) is 0.647. The number of aliphatic hydroxyl groups is 1. The fourth-order valence-electron chi connectivity index (χ4n) is 2.05. The van der Waals surface area contributed by atoms with E-state index in [1.807, 2.05) is 25.1 Å². The highest BCUT2D eigenvalue weighted by atomic mass is 35.5. The fraction of sp³-hybridized carbons (Fsp3) is 0.333. The molecular formula is C18H18ClF3O2S. The summed E-state index contributed by atoms with van der Waals surface area (Å²) in [6.45, 7) is 2.03. The van der Waals surface area contributed by atoms with Crippen LogP contribution >= 0.6 is 23.4 Å². The number of aliphatic hydroxyl groups excluding tert-OH is 1. The van der Waals surface area contributed by atoms with Crippen molar-refractivity contribution in [2.45, 2.75) is 30.5 Å². The number of aryl methyl sites for hydroxylation is 1. The van der Waals surface area contributed by atoms with Crippen LogP contribution in [0.4, 0.5) is 13.2 Å². The summed E-state index contributed by atoms with van der Waals surface area (Å²) >= 11 is 7.60. The third-order valence-corrected chi connectivity index (χ3v) is 5.10. The summed E-state index contributed by atoms with van der Waals surface area (Å²) < 4.78 is 42.8. The van der Waals surface area contributed by atoms with Crippen LogP contribution in [0.1, 0.15) is 18.1 Å². The molecule has 1 atom stereocenters. The molecule has 25 heavy (non-hydrogen) atoms. The average molecular weight is 391 g/mol. The van der Waals surface area contributed by atoms with E-state index in [1.165, 1.54) is 23.9 Å². The van der Waals surface area contributed by atoms with Gasteiger partial charge in [0.15, 0.2) is 0 Å². The smallest absolute Gasteiger partial charge is 0.416 e. The Morgan fingerprint density at radius 1 is 1.16 bits per heavy atom. The number of alkyl halides is 3. The Balaban J connectivity index is 1.81. The number of hydrogen-bond donors (Lipinski definition) is 1. The van der Waals surface area contributed by atoms with Crippen molar-refractivity contribution in [3.63, 3.8) is 0 Å². The predicted molar refractivity (Wildman–Crippen MR) is 94.5 cm³/mol. The monoisotopic (exact) mass is 390 g/mol. The first-order valence-electron chi connectivity index (χ1n) is 7.69. The predicted octanol–water partition coefficient (Wildman–Crippen LogP) is 5.45. The molecule has 0 fully saturated rings. The molecule has 0 saturated carbocycles. The number of halogens is 4. The number of benzene rings is 2. The van der Waals surface area contributed by atoms with Gasteiger partial charge < -0.3 is 9.84 Å². The molecule has 2 nitrogen and oxygen atoms in total. The van der Waals surface area contributed by atoms with Gasteiger partial charge in [-0.05, 0) is 48.4 Å². The van der Waals surface area contributed by atoms with E-state index >= 15 is 0 Å². The van der Waals surface area contributed by atoms with Crippen LogP contribution in [0.15, 0.2) is 47.4 Å². The van der Waals surface area contributed by atoms with Gasteiger partial charge in [-0.3, -0.25) is 0 Å². The standard InChI is InChI=1S/C18H18ClF3O2S/c1-2-12-3-8-17(16(19)9-12)25-11-14(23)10-24-15-6-4-13(5-7-15)18(20,21)22/h3-9,14,23H,2,10-11H2,1H3. The first-order chi connectivity index (χ1) is 11.8. The van der Waals surface area contributed by atoms with Crippen molar-refractivity contribution in [2.24, 2.45) is 0 Å². The van der Waals surface area contributed by atoms with Crippen molar-refractivity contribution in [3.8, 4) is 5.75 Å². The summed E-state index contributed by atoms with van der Waals surface area (Å²) in [7, 11) is 0. The van der Waals surface area contributed by atoms with Gasteiger partial charge in [0.2, 0.25) is 0 Å². The molecule has 0 aliphatic heterocycles.